The number of H-pyrrole nitrogens is 1. The fourth-order valence-corrected chi connectivity index (χ4v) is 3.87. The second kappa shape index (κ2) is 8.39. The first-order chi connectivity index (χ1) is 15.2. The molecule has 2 aromatic carbocycles. The lowest BCUT2D eigenvalue weighted by Crippen LogP contribution is -2.50. The summed E-state index contributed by atoms with van der Waals surface area (Å²) in [4.78, 5) is 31.7. The summed E-state index contributed by atoms with van der Waals surface area (Å²) in [6.45, 7) is 8.25. The second-order valence-electron chi connectivity index (χ2n) is 8.89. The zero-order chi connectivity index (χ0) is 22.9. The molecule has 0 saturated carbocycles. The molecule has 32 heavy (non-hydrogen) atoms. The molecule has 0 spiro atoms. The van der Waals surface area contributed by atoms with Crippen LogP contribution < -0.4 is 10.5 Å². The Bertz CT molecular complexity index is 1240. The number of fused-ring (bicyclic) bond motifs is 1. The van der Waals surface area contributed by atoms with Crippen LogP contribution in [0.2, 0.25) is 0 Å². The number of anilines is 1. The van der Waals surface area contributed by atoms with Crippen LogP contribution >= 0.6 is 0 Å². The van der Waals surface area contributed by atoms with Gasteiger partial charge in [0.2, 0.25) is 0 Å². The largest absolute Gasteiger partial charge is 0.444 e. The van der Waals surface area contributed by atoms with Crippen LogP contribution in [-0.2, 0) is 4.74 Å². The fourth-order valence-electron chi connectivity index (χ4n) is 3.87. The molecule has 1 aliphatic heterocycles. The number of aromatic amines is 1. The van der Waals surface area contributed by atoms with Crippen molar-refractivity contribution in [2.24, 2.45) is 0 Å². The Kier molecular flexibility index (Phi) is 5.62. The highest BCUT2D eigenvalue weighted by atomic mass is 16.6. The second-order valence-corrected chi connectivity index (χ2v) is 8.89. The van der Waals surface area contributed by atoms with Crippen LogP contribution in [-0.4, -0.2) is 47.8 Å². The summed E-state index contributed by atoms with van der Waals surface area (Å²) in [5, 5.41) is 10.5. The third kappa shape index (κ3) is 4.45. The predicted octanol–water partition coefficient (Wildman–Crippen LogP) is 4.12. The van der Waals surface area contributed by atoms with Crippen LogP contribution in [0.1, 0.15) is 26.3 Å². The third-order valence-electron chi connectivity index (χ3n) is 5.48. The summed E-state index contributed by atoms with van der Waals surface area (Å²) in [7, 11) is 0. The van der Waals surface area contributed by atoms with Crippen LogP contribution in [0.25, 0.3) is 22.0 Å². The molecule has 1 aromatic heterocycles. The number of carbonyl (C=O) groups is 1. The van der Waals surface area contributed by atoms with Crippen molar-refractivity contribution < 1.29 is 9.53 Å². The number of carbonyl (C=O) groups excluding carboxylic acids is 1. The van der Waals surface area contributed by atoms with Crippen LogP contribution in [0.3, 0.4) is 0 Å². The quantitative estimate of drug-likeness (QED) is 0.660. The minimum atomic E-state index is -0.498. The molecule has 2 heterocycles. The zero-order valence-corrected chi connectivity index (χ0v) is 18.5. The van der Waals surface area contributed by atoms with Gasteiger partial charge in [0.1, 0.15) is 5.60 Å². The first-order valence-corrected chi connectivity index (χ1v) is 10.6. The number of benzene rings is 2. The molecule has 1 fully saturated rings. The number of pyridine rings is 1. The van der Waals surface area contributed by atoms with E-state index in [1.54, 1.807) is 23.1 Å². The number of hydrogen-bond donors (Lipinski definition) is 1. The summed E-state index contributed by atoms with van der Waals surface area (Å²) in [6, 6.07) is 17.1. The molecule has 1 saturated heterocycles. The van der Waals surface area contributed by atoms with E-state index in [0.717, 1.165) is 24.3 Å². The van der Waals surface area contributed by atoms with Crippen LogP contribution in [0, 0.1) is 11.3 Å². The molecule has 164 valence electrons. The summed E-state index contributed by atoms with van der Waals surface area (Å²) in [6.07, 6.45) is -0.274. The molecule has 3 aromatic rings. The number of nitrogens with one attached hydrogen (secondary N) is 1. The Hall–Kier alpha value is -3.79. The van der Waals surface area contributed by atoms with E-state index < -0.39 is 5.60 Å². The van der Waals surface area contributed by atoms with E-state index in [1.807, 2.05) is 51.1 Å². The summed E-state index contributed by atoms with van der Waals surface area (Å²) in [5.74, 6) is 0. The van der Waals surface area contributed by atoms with Crippen molar-refractivity contribution in [3.05, 3.63) is 64.4 Å². The Morgan fingerprint density at radius 2 is 1.72 bits per heavy atom. The summed E-state index contributed by atoms with van der Waals surface area (Å²) in [5.41, 5.74) is 2.37. The van der Waals surface area contributed by atoms with Crippen LogP contribution in [0.5, 0.6) is 0 Å². The normalized spacial score (nSPS) is 14.3. The average molecular weight is 431 g/mol. The number of amides is 1. The van der Waals surface area contributed by atoms with Crippen molar-refractivity contribution >= 4 is 22.6 Å². The Morgan fingerprint density at radius 3 is 2.34 bits per heavy atom. The van der Waals surface area contributed by atoms with Crippen molar-refractivity contribution in [2.45, 2.75) is 26.4 Å². The van der Waals surface area contributed by atoms with Gasteiger partial charge in [0.15, 0.2) is 0 Å². The number of nitrogens with zero attached hydrogens (tertiary/aromatic N) is 3. The highest BCUT2D eigenvalue weighted by Crippen LogP contribution is 2.25. The first-order valence-electron chi connectivity index (χ1n) is 10.6. The van der Waals surface area contributed by atoms with Crippen molar-refractivity contribution in [3.63, 3.8) is 0 Å². The van der Waals surface area contributed by atoms with Gasteiger partial charge in [0.25, 0.3) is 5.56 Å². The van der Waals surface area contributed by atoms with Gasteiger partial charge in [0.05, 0.1) is 11.6 Å². The Balaban J connectivity index is 1.50. The van der Waals surface area contributed by atoms with Crippen LogP contribution in [0.15, 0.2) is 53.3 Å². The first kappa shape index (κ1) is 21.4. The van der Waals surface area contributed by atoms with E-state index >= 15 is 0 Å². The Morgan fingerprint density at radius 1 is 1.03 bits per heavy atom. The molecule has 1 N–H and O–H groups in total. The maximum Gasteiger partial charge on any atom is 0.410 e. The number of piperazine rings is 1. The van der Waals surface area contributed by atoms with Gasteiger partial charge >= 0.3 is 6.09 Å². The Labute approximate surface area is 186 Å². The number of rotatable bonds is 2. The molecule has 1 amide bonds. The lowest BCUT2D eigenvalue weighted by Gasteiger charge is -2.36. The van der Waals surface area contributed by atoms with Gasteiger partial charge in [-0.15, -0.1) is 0 Å². The van der Waals surface area contributed by atoms with Crippen molar-refractivity contribution in [2.75, 3.05) is 31.1 Å². The topological polar surface area (TPSA) is 89.4 Å². The third-order valence-corrected chi connectivity index (χ3v) is 5.48. The lowest BCUT2D eigenvalue weighted by atomic mass is 10.0. The number of aromatic nitrogens is 1. The van der Waals surface area contributed by atoms with E-state index in [1.165, 1.54) is 0 Å². The van der Waals surface area contributed by atoms with E-state index in [2.05, 4.69) is 16.0 Å². The number of ether oxygens (including phenoxy) is 1. The summed E-state index contributed by atoms with van der Waals surface area (Å²) >= 11 is 0. The molecule has 0 bridgehead atoms. The van der Waals surface area contributed by atoms with Gasteiger partial charge in [0, 0.05) is 48.3 Å². The molecule has 1 aliphatic rings. The smallest absolute Gasteiger partial charge is 0.410 e. The highest BCUT2D eigenvalue weighted by molar-refractivity contribution is 5.89. The van der Waals surface area contributed by atoms with E-state index in [4.69, 9.17) is 4.74 Å². The molecular formula is C25H26N4O3. The number of nitriles is 1. The predicted molar refractivity (Wildman–Crippen MR) is 125 cm³/mol. The molecule has 7 nitrogen and oxygen atoms in total. The van der Waals surface area contributed by atoms with Gasteiger partial charge in [-0.25, -0.2) is 4.79 Å². The minimum absolute atomic E-state index is 0.211. The fraction of sp³-hybridized carbons (Fsp3) is 0.320. The molecule has 0 atom stereocenters. The number of hydrogen-bond acceptors (Lipinski definition) is 5. The minimum Gasteiger partial charge on any atom is -0.444 e. The van der Waals surface area contributed by atoms with Crippen molar-refractivity contribution in [3.8, 4) is 17.3 Å². The van der Waals surface area contributed by atoms with Gasteiger partial charge < -0.3 is 19.5 Å². The maximum atomic E-state index is 12.5. The zero-order valence-electron chi connectivity index (χ0n) is 18.5. The van der Waals surface area contributed by atoms with E-state index in [9.17, 15) is 14.9 Å². The van der Waals surface area contributed by atoms with E-state index in [0.29, 0.717) is 35.1 Å². The molecule has 0 unspecified atom stereocenters. The van der Waals surface area contributed by atoms with Gasteiger partial charge in [-0.1, -0.05) is 18.2 Å². The molecular weight excluding hydrogens is 404 g/mol. The van der Waals surface area contributed by atoms with Crippen molar-refractivity contribution in [1.82, 2.24) is 9.88 Å². The van der Waals surface area contributed by atoms with Crippen LogP contribution in [0.4, 0.5) is 10.5 Å². The molecule has 7 heteroatoms. The average Bonchev–Trinajstić information content (AvgIpc) is 2.78. The van der Waals surface area contributed by atoms with Gasteiger partial charge in [-0.3, -0.25) is 4.79 Å². The molecule has 0 aliphatic carbocycles. The summed E-state index contributed by atoms with van der Waals surface area (Å²) < 4.78 is 5.46. The van der Waals surface area contributed by atoms with Gasteiger partial charge in [-0.2, -0.15) is 5.26 Å². The molecule has 4 rings (SSSR count). The highest BCUT2D eigenvalue weighted by Gasteiger charge is 2.26. The SMILES string of the molecule is CC(C)(C)OC(=O)N1CCN(c2ccc(-c3cc4c(C#N)cccc4c(=O)[nH]3)cc2)CC1. The van der Waals surface area contributed by atoms with E-state index in [-0.39, 0.29) is 11.7 Å². The molecule has 0 radical (unpaired) electrons. The maximum absolute atomic E-state index is 12.5. The monoisotopic (exact) mass is 430 g/mol. The lowest BCUT2D eigenvalue weighted by molar-refractivity contribution is 0.0240. The standard InChI is InChI=1S/C25H26N4O3/c1-25(2,3)32-24(31)29-13-11-28(12-14-29)19-9-7-17(8-10-19)22-15-21-18(16-26)5-4-6-20(21)23(30)27-22/h4-10,15H,11-14H2,1-3H3,(H,27,30). The van der Waals surface area contributed by atoms with Crippen molar-refractivity contribution in [1.29, 1.82) is 5.26 Å². The van der Waals surface area contributed by atoms with Gasteiger partial charge in [-0.05, 0) is 56.7 Å².